The number of para-hydroxylation sites is 1. The van der Waals surface area contributed by atoms with Gasteiger partial charge in [-0.3, -0.25) is 4.79 Å². The highest BCUT2D eigenvalue weighted by Crippen LogP contribution is 2.32. The van der Waals surface area contributed by atoms with Crippen molar-refractivity contribution < 1.29 is 13.9 Å². The van der Waals surface area contributed by atoms with Crippen molar-refractivity contribution in [3.05, 3.63) is 53.0 Å². The van der Waals surface area contributed by atoms with Crippen molar-refractivity contribution in [3.8, 4) is 0 Å². The van der Waals surface area contributed by atoms with Gasteiger partial charge >= 0.3 is 0 Å². The number of ether oxygens (including phenoxy) is 1. The predicted octanol–water partition coefficient (Wildman–Crippen LogP) is 2.62. The lowest BCUT2D eigenvalue weighted by Gasteiger charge is -2.27. The average Bonchev–Trinajstić information content (AvgIpc) is 3.11. The quantitative estimate of drug-likeness (QED) is 0.722. The highest BCUT2D eigenvalue weighted by molar-refractivity contribution is 6.09. The van der Waals surface area contributed by atoms with Crippen molar-refractivity contribution >= 4 is 16.8 Å². The molecule has 0 fully saturated rings. The summed E-state index contributed by atoms with van der Waals surface area (Å²) in [6, 6.07) is 4.90. The van der Waals surface area contributed by atoms with Gasteiger partial charge in [0.2, 0.25) is 0 Å². The van der Waals surface area contributed by atoms with Crippen molar-refractivity contribution in [1.82, 2.24) is 19.0 Å². The van der Waals surface area contributed by atoms with Crippen LogP contribution in [0.2, 0.25) is 0 Å². The topological polar surface area (TPSA) is 52.3 Å². The zero-order valence-corrected chi connectivity index (χ0v) is 15.1. The fourth-order valence-electron chi connectivity index (χ4n) is 3.79. The van der Waals surface area contributed by atoms with E-state index in [4.69, 9.17) is 4.74 Å². The van der Waals surface area contributed by atoms with Crippen LogP contribution in [0, 0.1) is 12.7 Å². The minimum absolute atomic E-state index is 0.0665. The number of hydrogen-bond acceptors (Lipinski definition) is 3. The first kappa shape index (κ1) is 16.8. The van der Waals surface area contributed by atoms with Crippen LogP contribution in [0.3, 0.4) is 0 Å². The molecule has 2 aromatic heterocycles. The number of rotatable bonds is 4. The molecule has 3 heterocycles. The summed E-state index contributed by atoms with van der Waals surface area (Å²) in [5.74, 6) is -0.365. The number of benzene rings is 1. The Balaban J connectivity index is 1.70. The van der Waals surface area contributed by atoms with E-state index in [1.54, 1.807) is 24.4 Å². The van der Waals surface area contributed by atoms with E-state index in [0.717, 1.165) is 17.1 Å². The zero-order valence-electron chi connectivity index (χ0n) is 15.1. The molecular formula is C19H21FN4O2. The molecule has 136 valence electrons. The number of hydrogen-bond donors (Lipinski definition) is 0. The molecule has 0 aliphatic carbocycles. The van der Waals surface area contributed by atoms with E-state index in [1.165, 1.54) is 6.07 Å². The number of fused-ring (bicyclic) bond motifs is 3. The lowest BCUT2D eigenvalue weighted by Crippen LogP contribution is -2.37. The van der Waals surface area contributed by atoms with Crippen LogP contribution >= 0.6 is 0 Å². The van der Waals surface area contributed by atoms with Crippen LogP contribution < -0.4 is 0 Å². The highest BCUT2D eigenvalue weighted by Gasteiger charge is 2.31. The van der Waals surface area contributed by atoms with Crippen molar-refractivity contribution in [2.75, 3.05) is 13.7 Å². The molecule has 0 atom stereocenters. The Bertz CT molecular complexity index is 1000. The first-order valence-corrected chi connectivity index (χ1v) is 8.57. The van der Waals surface area contributed by atoms with E-state index >= 15 is 0 Å². The monoisotopic (exact) mass is 356 g/mol. The molecule has 26 heavy (non-hydrogen) atoms. The molecule has 0 radical (unpaired) electrons. The third-order valence-electron chi connectivity index (χ3n) is 5.21. The normalized spacial score (nSPS) is 14.3. The molecule has 4 rings (SSSR count). The van der Waals surface area contributed by atoms with Crippen LogP contribution in [0.5, 0.6) is 0 Å². The van der Waals surface area contributed by atoms with Gasteiger partial charge in [-0.15, -0.1) is 0 Å². The second-order valence-corrected chi connectivity index (χ2v) is 6.66. The molecule has 6 nitrogen and oxygen atoms in total. The summed E-state index contributed by atoms with van der Waals surface area (Å²) in [7, 11) is 3.46. The summed E-state index contributed by atoms with van der Waals surface area (Å²) in [5.41, 5.74) is 3.84. The van der Waals surface area contributed by atoms with Gasteiger partial charge in [-0.25, -0.2) is 9.37 Å². The molecule has 0 unspecified atom stereocenters. The van der Waals surface area contributed by atoms with Crippen LogP contribution in [0.15, 0.2) is 24.5 Å². The average molecular weight is 356 g/mol. The summed E-state index contributed by atoms with van der Waals surface area (Å²) in [4.78, 5) is 19.3. The highest BCUT2D eigenvalue weighted by atomic mass is 19.1. The fraction of sp³-hybridized carbons (Fsp3) is 0.368. The molecule has 1 aliphatic rings. The van der Waals surface area contributed by atoms with Crippen LogP contribution in [-0.4, -0.2) is 38.6 Å². The fourth-order valence-corrected chi connectivity index (χ4v) is 3.79. The maximum atomic E-state index is 14.3. The van der Waals surface area contributed by atoms with Gasteiger partial charge in [0, 0.05) is 43.9 Å². The molecule has 7 heteroatoms. The lowest BCUT2D eigenvalue weighted by atomic mass is 10.0. The van der Waals surface area contributed by atoms with Crippen molar-refractivity contribution in [1.29, 1.82) is 0 Å². The second kappa shape index (κ2) is 6.25. The molecule has 0 bridgehead atoms. The summed E-state index contributed by atoms with van der Waals surface area (Å²) >= 11 is 0. The number of carbonyl (C=O) groups is 1. The first-order chi connectivity index (χ1) is 12.5. The number of methoxy groups -OCH3 is 1. The SMILES string of the molecule is COCn1cnc(CN2CCc3c(c4cccc(F)c4n3C)C2=O)c1C. The van der Waals surface area contributed by atoms with Gasteiger partial charge < -0.3 is 18.8 Å². The Hall–Kier alpha value is -2.67. The maximum absolute atomic E-state index is 14.3. The molecule has 0 N–H and O–H groups in total. The Morgan fingerprint density at radius 3 is 2.92 bits per heavy atom. The second-order valence-electron chi connectivity index (χ2n) is 6.66. The molecule has 0 saturated carbocycles. The third-order valence-corrected chi connectivity index (χ3v) is 5.21. The van der Waals surface area contributed by atoms with Crippen LogP contribution in [0.4, 0.5) is 4.39 Å². The molecule has 0 saturated heterocycles. The van der Waals surface area contributed by atoms with Gasteiger partial charge in [0.1, 0.15) is 12.5 Å². The number of aromatic nitrogens is 3. The minimum Gasteiger partial charge on any atom is -0.364 e. The maximum Gasteiger partial charge on any atom is 0.256 e. The standard InChI is InChI=1S/C19H21FN4O2/c1-12-15(21-10-24(12)11-26-3)9-23-8-7-16-17(19(23)25)13-5-4-6-14(20)18(13)22(16)2/h4-6,10H,7-9,11H2,1-3H3. The number of carbonyl (C=O) groups excluding carboxylic acids is 1. The van der Waals surface area contributed by atoms with E-state index in [9.17, 15) is 9.18 Å². The Labute approximate surface area is 150 Å². The van der Waals surface area contributed by atoms with Crippen LogP contribution in [0.25, 0.3) is 10.9 Å². The smallest absolute Gasteiger partial charge is 0.256 e. The molecule has 0 spiro atoms. The van der Waals surface area contributed by atoms with Crippen LogP contribution in [0.1, 0.15) is 27.4 Å². The van der Waals surface area contributed by atoms with Gasteiger partial charge in [0.05, 0.1) is 29.6 Å². The molecule has 1 aliphatic heterocycles. The minimum atomic E-state index is -0.298. The summed E-state index contributed by atoms with van der Waals surface area (Å²) in [6.45, 7) is 3.43. The Morgan fingerprint density at radius 2 is 2.15 bits per heavy atom. The Kier molecular flexibility index (Phi) is 4.03. The van der Waals surface area contributed by atoms with Gasteiger partial charge in [-0.1, -0.05) is 12.1 Å². The van der Waals surface area contributed by atoms with Gasteiger partial charge in [0.25, 0.3) is 5.91 Å². The molecule has 3 aromatic rings. The number of halogens is 1. The van der Waals surface area contributed by atoms with E-state index in [1.807, 2.05) is 29.2 Å². The van der Waals surface area contributed by atoms with E-state index in [2.05, 4.69) is 4.98 Å². The molecular weight excluding hydrogens is 335 g/mol. The van der Waals surface area contributed by atoms with Crippen LogP contribution in [-0.2, 0) is 31.5 Å². The largest absolute Gasteiger partial charge is 0.364 e. The number of amides is 1. The summed E-state index contributed by atoms with van der Waals surface area (Å²) < 4.78 is 23.1. The molecule has 1 amide bonds. The number of aryl methyl sites for hydroxylation is 1. The van der Waals surface area contributed by atoms with E-state index in [0.29, 0.717) is 42.7 Å². The van der Waals surface area contributed by atoms with Crippen molar-refractivity contribution in [2.45, 2.75) is 26.6 Å². The number of imidazole rings is 1. The summed E-state index contributed by atoms with van der Waals surface area (Å²) in [6.07, 6.45) is 2.42. The predicted molar refractivity (Wildman–Crippen MR) is 95.3 cm³/mol. The van der Waals surface area contributed by atoms with Crippen molar-refractivity contribution in [3.63, 3.8) is 0 Å². The van der Waals surface area contributed by atoms with Crippen molar-refractivity contribution in [2.24, 2.45) is 7.05 Å². The zero-order chi connectivity index (χ0) is 18.4. The van der Waals surface area contributed by atoms with E-state index in [-0.39, 0.29) is 11.7 Å². The number of nitrogens with zero attached hydrogens (tertiary/aromatic N) is 4. The van der Waals surface area contributed by atoms with Gasteiger partial charge in [-0.2, -0.15) is 0 Å². The van der Waals surface area contributed by atoms with Gasteiger partial charge in [-0.05, 0) is 13.0 Å². The first-order valence-electron chi connectivity index (χ1n) is 8.57. The van der Waals surface area contributed by atoms with E-state index < -0.39 is 0 Å². The van der Waals surface area contributed by atoms with Gasteiger partial charge in [0.15, 0.2) is 0 Å². The Morgan fingerprint density at radius 1 is 1.35 bits per heavy atom. The molecule has 1 aromatic carbocycles. The third kappa shape index (κ3) is 2.42. The lowest BCUT2D eigenvalue weighted by molar-refractivity contribution is 0.0725. The summed E-state index contributed by atoms with van der Waals surface area (Å²) in [5, 5.41) is 0.679.